The fourth-order valence-electron chi connectivity index (χ4n) is 3.37. The first-order valence-electron chi connectivity index (χ1n) is 8.98. The van der Waals surface area contributed by atoms with E-state index in [1.807, 2.05) is 4.90 Å². The number of carbonyl (C=O) groups excluding carboxylic acids is 1. The van der Waals surface area contributed by atoms with E-state index in [-0.39, 0.29) is 10.8 Å². The zero-order valence-electron chi connectivity index (χ0n) is 15.4. The standard InChI is InChI=1S/C21H20N2O3S2/c1-15-18(21(24)23-12-10-20-16(14-23)11-13-27-20)8-5-9-19(15)22-28(25,26)17-6-3-2-4-7-17/h2-9,11,13,22H,10,12,14H2,1H3. The summed E-state index contributed by atoms with van der Waals surface area (Å²) in [5.74, 6) is -0.0740. The van der Waals surface area contributed by atoms with Crippen molar-refractivity contribution in [3.05, 3.63) is 81.5 Å². The predicted molar refractivity (Wildman–Crippen MR) is 111 cm³/mol. The van der Waals surface area contributed by atoms with E-state index in [9.17, 15) is 13.2 Å². The fraction of sp³-hybridized carbons (Fsp3) is 0.190. The van der Waals surface area contributed by atoms with Gasteiger partial charge in [-0.3, -0.25) is 9.52 Å². The van der Waals surface area contributed by atoms with E-state index in [2.05, 4.69) is 16.2 Å². The van der Waals surface area contributed by atoms with Crippen molar-refractivity contribution in [1.82, 2.24) is 4.90 Å². The molecule has 0 atom stereocenters. The molecule has 2 aromatic carbocycles. The Hall–Kier alpha value is -2.64. The van der Waals surface area contributed by atoms with Crippen molar-refractivity contribution >= 4 is 33.0 Å². The highest BCUT2D eigenvalue weighted by Crippen LogP contribution is 2.28. The third-order valence-corrected chi connectivity index (χ3v) is 7.36. The van der Waals surface area contributed by atoms with Crippen LogP contribution < -0.4 is 4.72 Å². The van der Waals surface area contributed by atoms with Crippen molar-refractivity contribution in [2.45, 2.75) is 24.8 Å². The molecule has 144 valence electrons. The lowest BCUT2D eigenvalue weighted by Gasteiger charge is -2.28. The number of anilines is 1. The monoisotopic (exact) mass is 412 g/mol. The summed E-state index contributed by atoms with van der Waals surface area (Å²) in [6.07, 6.45) is 0.859. The Morgan fingerprint density at radius 3 is 2.64 bits per heavy atom. The molecule has 7 heteroatoms. The van der Waals surface area contributed by atoms with E-state index in [1.54, 1.807) is 66.8 Å². The highest BCUT2D eigenvalue weighted by molar-refractivity contribution is 7.92. The summed E-state index contributed by atoms with van der Waals surface area (Å²) in [4.78, 5) is 16.4. The molecule has 0 fully saturated rings. The highest BCUT2D eigenvalue weighted by Gasteiger charge is 2.25. The van der Waals surface area contributed by atoms with Gasteiger partial charge < -0.3 is 4.90 Å². The van der Waals surface area contributed by atoms with Crippen molar-refractivity contribution < 1.29 is 13.2 Å². The molecule has 1 N–H and O–H groups in total. The van der Waals surface area contributed by atoms with Crippen molar-refractivity contribution in [3.63, 3.8) is 0 Å². The minimum atomic E-state index is -3.71. The van der Waals surface area contributed by atoms with E-state index in [0.29, 0.717) is 29.9 Å². The van der Waals surface area contributed by atoms with Gasteiger partial charge in [-0.05, 0) is 60.2 Å². The topological polar surface area (TPSA) is 66.5 Å². The Balaban J connectivity index is 1.60. The maximum absolute atomic E-state index is 13.1. The van der Waals surface area contributed by atoms with Crippen molar-refractivity contribution in [1.29, 1.82) is 0 Å². The van der Waals surface area contributed by atoms with Crippen molar-refractivity contribution in [3.8, 4) is 0 Å². The van der Waals surface area contributed by atoms with Gasteiger partial charge in [0.1, 0.15) is 0 Å². The van der Waals surface area contributed by atoms with Crippen LogP contribution in [0.25, 0.3) is 0 Å². The maximum atomic E-state index is 13.1. The average Bonchev–Trinajstić information content (AvgIpc) is 3.17. The normalized spacial score (nSPS) is 13.8. The second kappa shape index (κ2) is 7.41. The second-order valence-corrected chi connectivity index (χ2v) is 9.43. The van der Waals surface area contributed by atoms with Gasteiger partial charge in [0.25, 0.3) is 15.9 Å². The molecule has 1 aliphatic heterocycles. The van der Waals surface area contributed by atoms with Gasteiger partial charge in [0.05, 0.1) is 10.6 Å². The number of rotatable bonds is 4. The number of hydrogen-bond donors (Lipinski definition) is 1. The molecule has 0 aliphatic carbocycles. The van der Waals surface area contributed by atoms with Gasteiger partial charge in [-0.15, -0.1) is 11.3 Å². The quantitative estimate of drug-likeness (QED) is 0.703. The number of benzene rings is 2. The third kappa shape index (κ3) is 3.55. The first kappa shape index (κ1) is 18.7. The summed E-state index contributed by atoms with van der Waals surface area (Å²) in [7, 11) is -3.71. The minimum Gasteiger partial charge on any atom is -0.334 e. The first-order valence-corrected chi connectivity index (χ1v) is 11.3. The predicted octanol–water partition coefficient (Wildman–Crippen LogP) is 4.06. The SMILES string of the molecule is Cc1c(NS(=O)(=O)c2ccccc2)cccc1C(=O)N1CCc2sccc2C1. The van der Waals surface area contributed by atoms with Crippen LogP contribution in [0.4, 0.5) is 5.69 Å². The van der Waals surface area contributed by atoms with Gasteiger partial charge in [0, 0.05) is 23.5 Å². The van der Waals surface area contributed by atoms with Crippen LogP contribution in [0.1, 0.15) is 26.4 Å². The zero-order chi connectivity index (χ0) is 19.7. The highest BCUT2D eigenvalue weighted by atomic mass is 32.2. The van der Waals surface area contributed by atoms with Crippen LogP contribution in [0, 0.1) is 6.92 Å². The van der Waals surface area contributed by atoms with E-state index < -0.39 is 10.0 Å². The molecule has 0 unspecified atom stereocenters. The summed E-state index contributed by atoms with van der Waals surface area (Å²) < 4.78 is 27.9. The lowest BCUT2D eigenvalue weighted by atomic mass is 10.0. The minimum absolute atomic E-state index is 0.0740. The van der Waals surface area contributed by atoms with Crippen LogP contribution in [0.5, 0.6) is 0 Å². The van der Waals surface area contributed by atoms with E-state index in [4.69, 9.17) is 0 Å². The van der Waals surface area contributed by atoms with Crippen LogP contribution >= 0.6 is 11.3 Å². The van der Waals surface area contributed by atoms with Crippen LogP contribution in [-0.4, -0.2) is 25.8 Å². The lowest BCUT2D eigenvalue weighted by Crippen LogP contribution is -2.35. The molecular formula is C21H20N2O3S2. The van der Waals surface area contributed by atoms with Gasteiger partial charge in [-0.25, -0.2) is 8.42 Å². The first-order chi connectivity index (χ1) is 13.5. The van der Waals surface area contributed by atoms with Crippen LogP contribution in [0.15, 0.2) is 64.9 Å². The third-order valence-electron chi connectivity index (χ3n) is 4.96. The second-order valence-electron chi connectivity index (χ2n) is 6.74. The number of amides is 1. The summed E-state index contributed by atoms with van der Waals surface area (Å²) >= 11 is 1.73. The number of fused-ring (bicyclic) bond motifs is 1. The Bertz CT molecular complexity index is 1120. The summed E-state index contributed by atoms with van der Waals surface area (Å²) in [6, 6.07) is 15.4. The molecule has 2 heterocycles. The largest absolute Gasteiger partial charge is 0.334 e. The van der Waals surface area contributed by atoms with Crippen molar-refractivity contribution in [2.24, 2.45) is 0 Å². The van der Waals surface area contributed by atoms with E-state index in [1.165, 1.54) is 10.4 Å². The molecular weight excluding hydrogens is 392 g/mol. The van der Waals surface area contributed by atoms with Gasteiger partial charge in [0.2, 0.25) is 0 Å². The summed E-state index contributed by atoms with van der Waals surface area (Å²) in [5.41, 5.74) is 2.76. The van der Waals surface area contributed by atoms with E-state index >= 15 is 0 Å². The maximum Gasteiger partial charge on any atom is 0.261 e. The number of sulfonamides is 1. The molecule has 28 heavy (non-hydrogen) atoms. The average molecular weight is 413 g/mol. The number of carbonyl (C=O) groups is 1. The molecule has 1 aliphatic rings. The summed E-state index contributed by atoms with van der Waals surface area (Å²) in [6.45, 7) is 3.04. The van der Waals surface area contributed by atoms with Crippen LogP contribution in [-0.2, 0) is 23.0 Å². The Kier molecular flexibility index (Phi) is 4.95. The Labute approximate surface area is 168 Å². The van der Waals surface area contributed by atoms with Crippen LogP contribution in [0.3, 0.4) is 0 Å². The van der Waals surface area contributed by atoms with Gasteiger partial charge in [0.15, 0.2) is 0 Å². The molecule has 4 rings (SSSR count). The zero-order valence-corrected chi connectivity index (χ0v) is 17.0. The Morgan fingerprint density at radius 1 is 1.07 bits per heavy atom. The smallest absolute Gasteiger partial charge is 0.261 e. The molecule has 0 saturated carbocycles. The molecule has 0 saturated heterocycles. The molecule has 0 radical (unpaired) electrons. The summed E-state index contributed by atoms with van der Waals surface area (Å²) in [5, 5.41) is 2.06. The van der Waals surface area contributed by atoms with Crippen LogP contribution in [0.2, 0.25) is 0 Å². The fourth-order valence-corrected chi connectivity index (χ4v) is 5.41. The number of nitrogens with zero attached hydrogens (tertiary/aromatic N) is 1. The van der Waals surface area contributed by atoms with Gasteiger partial charge in [-0.1, -0.05) is 24.3 Å². The number of hydrogen-bond acceptors (Lipinski definition) is 4. The lowest BCUT2D eigenvalue weighted by molar-refractivity contribution is 0.0735. The van der Waals surface area contributed by atoms with Gasteiger partial charge >= 0.3 is 0 Å². The molecule has 0 spiro atoms. The van der Waals surface area contributed by atoms with E-state index in [0.717, 1.165) is 6.42 Å². The molecule has 1 aromatic heterocycles. The molecule has 5 nitrogen and oxygen atoms in total. The number of nitrogens with one attached hydrogen (secondary N) is 1. The van der Waals surface area contributed by atoms with Gasteiger partial charge in [-0.2, -0.15) is 0 Å². The number of thiophene rings is 1. The molecule has 1 amide bonds. The molecule has 0 bridgehead atoms. The molecule has 3 aromatic rings. The Morgan fingerprint density at radius 2 is 1.86 bits per heavy atom. The van der Waals surface area contributed by atoms with Crippen molar-refractivity contribution in [2.75, 3.05) is 11.3 Å².